The maximum atomic E-state index is 13.5. The van der Waals surface area contributed by atoms with Gasteiger partial charge in [0, 0.05) is 17.5 Å². The molecule has 2 aromatic heterocycles. The molecule has 4 rings (SSSR count). The molecule has 0 aliphatic carbocycles. The maximum Gasteiger partial charge on any atom is 0.286 e. The van der Waals surface area contributed by atoms with Gasteiger partial charge in [-0.2, -0.15) is 13.5 Å². The Balaban J connectivity index is 1.84. The van der Waals surface area contributed by atoms with E-state index >= 15 is 0 Å². The third-order valence-corrected chi connectivity index (χ3v) is 7.81. The number of amidine groups is 1. The Morgan fingerprint density at radius 2 is 1.97 bits per heavy atom. The molecule has 1 aliphatic rings. The highest BCUT2D eigenvalue weighted by Crippen LogP contribution is 2.36. The van der Waals surface area contributed by atoms with E-state index in [-0.39, 0.29) is 45.4 Å². The number of amides is 1. The van der Waals surface area contributed by atoms with Crippen molar-refractivity contribution in [3.05, 3.63) is 51.1 Å². The van der Waals surface area contributed by atoms with E-state index in [1.807, 2.05) is 33.8 Å². The van der Waals surface area contributed by atoms with Gasteiger partial charge in [-0.3, -0.25) is 9.59 Å². The van der Waals surface area contributed by atoms with Crippen LogP contribution in [0.2, 0.25) is 0 Å². The number of sulfonamides is 1. The van der Waals surface area contributed by atoms with Gasteiger partial charge in [0.2, 0.25) is 0 Å². The van der Waals surface area contributed by atoms with E-state index in [2.05, 4.69) is 14.8 Å². The monoisotopic (exact) mass is 545 g/mol. The number of aromatic nitrogens is 2. The number of benzene rings is 1. The van der Waals surface area contributed by atoms with Crippen molar-refractivity contribution in [1.29, 1.82) is 0 Å². The average molecular weight is 546 g/mol. The van der Waals surface area contributed by atoms with Gasteiger partial charge in [0.15, 0.2) is 18.2 Å². The minimum Gasteiger partial charge on any atom is -0.505 e. The van der Waals surface area contributed by atoms with Crippen LogP contribution in [0.4, 0.5) is 5.69 Å². The van der Waals surface area contributed by atoms with Crippen LogP contribution in [0, 0.1) is 12.3 Å². The molecule has 0 atom stereocenters. The highest BCUT2D eigenvalue weighted by Gasteiger charge is 2.31. The van der Waals surface area contributed by atoms with Crippen molar-refractivity contribution < 1.29 is 23.1 Å². The van der Waals surface area contributed by atoms with E-state index in [9.17, 15) is 23.1 Å². The topological polar surface area (TPSA) is 166 Å². The average Bonchev–Trinajstić information content (AvgIpc) is 3.22. The molecule has 0 saturated heterocycles. The summed E-state index contributed by atoms with van der Waals surface area (Å²) in [6, 6.07) is 7.70. The van der Waals surface area contributed by atoms with Crippen molar-refractivity contribution in [1.82, 2.24) is 9.78 Å². The number of fused-ring (bicyclic) bond motifs is 1. The second kappa shape index (κ2) is 9.63. The number of hydrogen-bond acceptors (Lipinski definition) is 9. The van der Waals surface area contributed by atoms with Gasteiger partial charge in [0.05, 0.1) is 10.6 Å². The Morgan fingerprint density at radius 3 is 2.59 bits per heavy atom. The third kappa shape index (κ3) is 5.67. The van der Waals surface area contributed by atoms with E-state index in [4.69, 9.17) is 10.5 Å². The molecule has 13 heteroatoms. The fourth-order valence-electron chi connectivity index (χ4n) is 3.59. The standard InChI is InChI=1S/C24H27N5O6S2/c1-13-5-8-16(36-13)20-21(31)19(23(32)29(27-20)10-9-24(2,3)4)22-26-15-7-6-14(35-12-18(25)30)11-17(15)37(33,34)28-22/h5-8,11,31H,9-10,12H2,1-4H3,(H2,25,30)(H,26,28). The molecule has 4 N–H and O–H groups in total. The van der Waals surface area contributed by atoms with E-state index in [1.54, 1.807) is 6.07 Å². The molecular weight excluding hydrogens is 518 g/mol. The number of carbonyl (C=O) groups is 1. The molecule has 196 valence electrons. The zero-order chi connectivity index (χ0) is 27.1. The van der Waals surface area contributed by atoms with Crippen LogP contribution in [0.1, 0.15) is 37.6 Å². The predicted octanol–water partition coefficient (Wildman–Crippen LogP) is 2.85. The van der Waals surface area contributed by atoms with E-state index in [0.717, 1.165) is 4.88 Å². The molecule has 0 fully saturated rings. The van der Waals surface area contributed by atoms with Crippen molar-refractivity contribution in [2.75, 3.05) is 11.9 Å². The number of aryl methyl sites for hydroxylation is 2. The fourth-order valence-corrected chi connectivity index (χ4v) is 5.58. The van der Waals surface area contributed by atoms with Crippen LogP contribution in [-0.4, -0.2) is 41.7 Å². The van der Waals surface area contributed by atoms with Crippen LogP contribution in [-0.2, 0) is 21.4 Å². The highest BCUT2D eigenvalue weighted by atomic mass is 32.2. The Hall–Kier alpha value is -3.71. The largest absolute Gasteiger partial charge is 0.505 e. The number of primary amides is 1. The van der Waals surface area contributed by atoms with Crippen LogP contribution in [0.5, 0.6) is 11.5 Å². The Kier molecular flexibility index (Phi) is 6.86. The number of carbonyl (C=O) groups excluding carboxylic acids is 1. The van der Waals surface area contributed by atoms with Gasteiger partial charge in [-0.25, -0.2) is 4.68 Å². The van der Waals surface area contributed by atoms with E-state index < -0.39 is 33.8 Å². The summed E-state index contributed by atoms with van der Waals surface area (Å²) in [5.74, 6) is -1.40. The number of thiophene rings is 1. The number of nitrogens with zero attached hydrogens (tertiary/aromatic N) is 3. The minimum absolute atomic E-state index is 0.101. The smallest absolute Gasteiger partial charge is 0.286 e. The Bertz CT molecular complexity index is 1580. The highest BCUT2D eigenvalue weighted by molar-refractivity contribution is 7.90. The van der Waals surface area contributed by atoms with Crippen LogP contribution >= 0.6 is 11.3 Å². The first-order chi connectivity index (χ1) is 17.2. The third-order valence-electron chi connectivity index (χ3n) is 5.49. The number of nitrogens with one attached hydrogen (secondary N) is 1. The molecule has 0 radical (unpaired) electrons. The molecule has 3 aromatic rings. The summed E-state index contributed by atoms with van der Waals surface area (Å²) in [6.45, 7) is 7.82. The summed E-state index contributed by atoms with van der Waals surface area (Å²) in [6.07, 6.45) is 0.613. The van der Waals surface area contributed by atoms with Crippen LogP contribution in [0.25, 0.3) is 10.6 Å². The lowest BCUT2D eigenvalue weighted by molar-refractivity contribution is -0.119. The summed E-state index contributed by atoms with van der Waals surface area (Å²) >= 11 is 1.38. The number of hydrogen-bond donors (Lipinski definition) is 3. The molecule has 3 heterocycles. The summed E-state index contributed by atoms with van der Waals surface area (Å²) in [5.41, 5.74) is 4.29. The number of ether oxygens (including phenoxy) is 1. The van der Waals surface area contributed by atoms with Gasteiger partial charge >= 0.3 is 0 Å². The maximum absolute atomic E-state index is 13.5. The minimum atomic E-state index is -4.30. The van der Waals surface area contributed by atoms with E-state index in [0.29, 0.717) is 11.3 Å². The Morgan fingerprint density at radius 1 is 1.24 bits per heavy atom. The fraction of sp³-hybridized carbons (Fsp3) is 0.333. The van der Waals surface area contributed by atoms with Gasteiger partial charge in [-0.15, -0.1) is 15.7 Å². The lowest BCUT2D eigenvalue weighted by Gasteiger charge is -2.22. The predicted molar refractivity (Wildman–Crippen MR) is 141 cm³/mol. The Labute approximate surface area is 217 Å². The molecule has 0 unspecified atom stereocenters. The van der Waals surface area contributed by atoms with Gasteiger partial charge in [-0.1, -0.05) is 20.8 Å². The van der Waals surface area contributed by atoms with Crippen LogP contribution < -0.4 is 21.3 Å². The van der Waals surface area contributed by atoms with Gasteiger partial charge in [0.25, 0.3) is 21.5 Å². The van der Waals surface area contributed by atoms with Crippen molar-refractivity contribution >= 4 is 38.8 Å². The first-order valence-corrected chi connectivity index (χ1v) is 13.6. The number of aromatic hydroxyl groups is 1. The zero-order valence-corrected chi connectivity index (χ0v) is 22.4. The van der Waals surface area contributed by atoms with Gasteiger partial charge in [0.1, 0.15) is 21.9 Å². The van der Waals surface area contributed by atoms with E-state index in [1.165, 1.54) is 34.2 Å². The quantitative estimate of drug-likeness (QED) is 0.407. The lowest BCUT2D eigenvalue weighted by atomic mass is 9.92. The number of nitrogens with two attached hydrogens (primary N) is 1. The first kappa shape index (κ1) is 26.4. The van der Waals surface area contributed by atoms with Crippen LogP contribution in [0.3, 0.4) is 0 Å². The van der Waals surface area contributed by atoms with Crippen molar-refractivity contribution in [3.63, 3.8) is 0 Å². The number of anilines is 1. The molecule has 1 aliphatic heterocycles. The summed E-state index contributed by atoms with van der Waals surface area (Å²) in [4.78, 5) is 25.9. The molecule has 0 bridgehead atoms. The summed E-state index contributed by atoms with van der Waals surface area (Å²) in [5, 5.41) is 18.4. The van der Waals surface area contributed by atoms with Gasteiger partial charge in [-0.05, 0) is 43.0 Å². The summed E-state index contributed by atoms with van der Waals surface area (Å²) < 4.78 is 36.4. The van der Waals surface area contributed by atoms with Crippen LogP contribution in [0.15, 0.2) is 44.4 Å². The molecule has 0 saturated carbocycles. The summed E-state index contributed by atoms with van der Waals surface area (Å²) in [7, 11) is -4.30. The molecular formula is C24H27N5O6S2. The molecule has 1 amide bonds. The molecule has 11 nitrogen and oxygen atoms in total. The molecule has 1 aromatic carbocycles. The normalized spacial score (nSPS) is 14.4. The number of rotatable bonds is 7. The van der Waals surface area contributed by atoms with Crippen molar-refractivity contribution in [2.45, 2.75) is 45.6 Å². The van der Waals surface area contributed by atoms with Gasteiger partial charge < -0.3 is 20.9 Å². The second-order valence-corrected chi connectivity index (χ2v) is 12.6. The second-order valence-electron chi connectivity index (χ2n) is 9.77. The van der Waals surface area contributed by atoms with Crippen molar-refractivity contribution in [3.8, 4) is 22.1 Å². The van der Waals surface area contributed by atoms with Crippen molar-refractivity contribution in [2.24, 2.45) is 15.5 Å². The molecule has 37 heavy (non-hydrogen) atoms. The zero-order valence-electron chi connectivity index (χ0n) is 20.7. The molecule has 0 spiro atoms. The first-order valence-electron chi connectivity index (χ1n) is 11.3. The SMILES string of the molecule is Cc1ccc(-c2nn(CCC(C)(C)C)c(=O)c(C3=NS(=O)(=O)c4cc(OCC(N)=O)ccc4N3)c2O)s1. The lowest BCUT2D eigenvalue weighted by Crippen LogP contribution is -2.34.